The number of rotatable bonds is 2. The van der Waals surface area contributed by atoms with Crippen LogP contribution in [0, 0.1) is 11.3 Å². The van der Waals surface area contributed by atoms with E-state index in [2.05, 4.69) is 9.97 Å². The first-order valence-electron chi connectivity index (χ1n) is 4.37. The van der Waals surface area contributed by atoms with E-state index in [-0.39, 0.29) is 5.56 Å². The average Bonchev–Trinajstić information content (AvgIpc) is 2.81. The van der Waals surface area contributed by atoms with Crippen LogP contribution in [0.2, 0.25) is 0 Å². The van der Waals surface area contributed by atoms with Crippen molar-refractivity contribution in [2.45, 2.75) is 5.16 Å². The van der Waals surface area contributed by atoms with Crippen LogP contribution in [-0.4, -0.2) is 16.2 Å². The van der Waals surface area contributed by atoms with E-state index in [0.29, 0.717) is 16.4 Å². The predicted octanol–water partition coefficient (Wildman–Crippen LogP) is 1.62. The van der Waals surface area contributed by atoms with Gasteiger partial charge in [-0.3, -0.25) is 4.79 Å². The molecule has 0 saturated carbocycles. The van der Waals surface area contributed by atoms with Crippen LogP contribution in [-0.2, 0) is 0 Å². The molecule has 1 N–H and O–H groups in total. The Hall–Kier alpha value is -2.00. The van der Waals surface area contributed by atoms with Gasteiger partial charge in [-0.25, -0.2) is 4.98 Å². The van der Waals surface area contributed by atoms with Gasteiger partial charge in [-0.15, -0.1) is 0 Å². The normalized spacial score (nSPS) is 10.0. The monoisotopic (exact) mass is 233 g/mol. The summed E-state index contributed by atoms with van der Waals surface area (Å²) in [5, 5.41) is 9.39. The second kappa shape index (κ2) is 4.24. The van der Waals surface area contributed by atoms with Crippen molar-refractivity contribution >= 4 is 11.8 Å². The zero-order chi connectivity index (χ0) is 11.5. The zero-order valence-corrected chi connectivity index (χ0v) is 9.17. The van der Waals surface area contributed by atoms with Gasteiger partial charge in [-0.1, -0.05) is 11.8 Å². The van der Waals surface area contributed by atoms with Crippen LogP contribution in [0.4, 0.5) is 0 Å². The number of hydrogen-bond acceptors (Lipinski definition) is 5. The predicted molar refractivity (Wildman–Crippen MR) is 59.1 cm³/mol. The van der Waals surface area contributed by atoms with Crippen LogP contribution >= 0.6 is 11.8 Å². The number of thioether (sulfide) groups is 1. The largest absolute Gasteiger partial charge is 0.472 e. The minimum absolute atomic E-state index is 0.000741. The minimum Gasteiger partial charge on any atom is -0.472 e. The molecule has 0 atom stereocenters. The van der Waals surface area contributed by atoms with Gasteiger partial charge in [0.15, 0.2) is 5.16 Å². The summed E-state index contributed by atoms with van der Waals surface area (Å²) in [7, 11) is 0. The molecule has 0 amide bonds. The number of aromatic nitrogens is 2. The molecule has 2 aromatic heterocycles. The summed E-state index contributed by atoms with van der Waals surface area (Å²) >= 11 is 1.31. The lowest BCUT2D eigenvalue weighted by Gasteiger charge is -2.01. The van der Waals surface area contributed by atoms with E-state index < -0.39 is 5.56 Å². The molecule has 0 spiro atoms. The maximum atomic E-state index is 11.6. The van der Waals surface area contributed by atoms with Gasteiger partial charge in [0.25, 0.3) is 5.56 Å². The van der Waals surface area contributed by atoms with Gasteiger partial charge in [0.05, 0.1) is 18.2 Å². The topological polar surface area (TPSA) is 82.7 Å². The van der Waals surface area contributed by atoms with Crippen molar-refractivity contribution in [3.63, 3.8) is 0 Å². The minimum atomic E-state index is -0.432. The highest BCUT2D eigenvalue weighted by Gasteiger charge is 2.13. The van der Waals surface area contributed by atoms with Gasteiger partial charge < -0.3 is 9.40 Å². The fourth-order valence-corrected chi connectivity index (χ4v) is 1.64. The SMILES string of the molecule is CSc1nc(-c2ccoc2)c(C#N)c(=O)[nH]1. The number of nitriles is 1. The molecule has 0 aliphatic carbocycles. The van der Waals surface area contributed by atoms with Crippen molar-refractivity contribution in [1.29, 1.82) is 5.26 Å². The first kappa shape index (κ1) is 10.5. The number of H-pyrrole nitrogens is 1. The molecule has 0 saturated heterocycles. The lowest BCUT2D eigenvalue weighted by molar-refractivity contribution is 0.568. The Morgan fingerprint density at radius 2 is 2.44 bits per heavy atom. The highest BCUT2D eigenvalue weighted by Crippen LogP contribution is 2.21. The van der Waals surface area contributed by atoms with Crippen LogP contribution in [0.15, 0.2) is 33.0 Å². The maximum Gasteiger partial charge on any atom is 0.270 e. The van der Waals surface area contributed by atoms with Crippen molar-refractivity contribution in [1.82, 2.24) is 9.97 Å². The summed E-state index contributed by atoms with van der Waals surface area (Å²) < 4.78 is 4.91. The van der Waals surface area contributed by atoms with Crippen LogP contribution < -0.4 is 5.56 Å². The molecular weight excluding hydrogens is 226 g/mol. The zero-order valence-electron chi connectivity index (χ0n) is 8.35. The first-order valence-corrected chi connectivity index (χ1v) is 5.59. The standard InChI is InChI=1S/C10H7N3O2S/c1-16-10-12-8(6-2-3-15-5-6)7(4-11)9(14)13-10/h2-3,5H,1H3,(H,12,13,14). The van der Waals surface area contributed by atoms with Crippen LogP contribution in [0.25, 0.3) is 11.3 Å². The molecular formula is C10H7N3O2S. The van der Waals surface area contributed by atoms with E-state index in [1.807, 2.05) is 6.07 Å². The Labute approximate surface area is 95.1 Å². The van der Waals surface area contributed by atoms with Crippen molar-refractivity contribution in [2.24, 2.45) is 0 Å². The number of nitrogens with zero attached hydrogens (tertiary/aromatic N) is 2. The molecule has 5 nitrogen and oxygen atoms in total. The molecule has 0 bridgehead atoms. The van der Waals surface area contributed by atoms with Gasteiger partial charge in [-0.05, 0) is 12.3 Å². The van der Waals surface area contributed by atoms with Gasteiger partial charge >= 0.3 is 0 Å². The average molecular weight is 233 g/mol. The Morgan fingerprint density at radius 1 is 1.62 bits per heavy atom. The number of hydrogen-bond donors (Lipinski definition) is 1. The second-order valence-electron chi connectivity index (χ2n) is 2.92. The van der Waals surface area contributed by atoms with E-state index in [4.69, 9.17) is 9.68 Å². The molecule has 2 heterocycles. The summed E-state index contributed by atoms with van der Waals surface area (Å²) in [6, 6.07) is 3.51. The third-order valence-electron chi connectivity index (χ3n) is 2.00. The van der Waals surface area contributed by atoms with Gasteiger partial charge in [-0.2, -0.15) is 5.26 Å². The van der Waals surface area contributed by atoms with Gasteiger partial charge in [0.1, 0.15) is 11.6 Å². The molecule has 0 unspecified atom stereocenters. The molecule has 6 heteroatoms. The highest BCUT2D eigenvalue weighted by molar-refractivity contribution is 7.98. The third kappa shape index (κ3) is 1.73. The molecule has 0 aromatic carbocycles. The molecule has 0 fully saturated rings. The lowest BCUT2D eigenvalue weighted by Crippen LogP contribution is -2.14. The van der Waals surface area contributed by atoms with E-state index >= 15 is 0 Å². The maximum absolute atomic E-state index is 11.6. The molecule has 80 valence electrons. The number of furan rings is 1. The first-order chi connectivity index (χ1) is 7.76. The van der Waals surface area contributed by atoms with Crippen LogP contribution in [0.3, 0.4) is 0 Å². The molecule has 2 rings (SSSR count). The van der Waals surface area contributed by atoms with Crippen molar-refractivity contribution in [3.8, 4) is 17.3 Å². The van der Waals surface area contributed by atoms with E-state index in [9.17, 15) is 4.79 Å². The molecule has 2 aromatic rings. The fourth-order valence-electron chi connectivity index (χ4n) is 1.26. The van der Waals surface area contributed by atoms with E-state index in [1.54, 1.807) is 12.3 Å². The molecule has 0 aliphatic heterocycles. The Bertz CT molecular complexity index is 596. The Morgan fingerprint density at radius 3 is 3.00 bits per heavy atom. The third-order valence-corrected chi connectivity index (χ3v) is 2.58. The highest BCUT2D eigenvalue weighted by atomic mass is 32.2. The van der Waals surface area contributed by atoms with Crippen LogP contribution in [0.5, 0.6) is 0 Å². The van der Waals surface area contributed by atoms with Crippen molar-refractivity contribution in [2.75, 3.05) is 6.26 Å². The Kier molecular flexibility index (Phi) is 2.79. The molecule has 16 heavy (non-hydrogen) atoms. The second-order valence-corrected chi connectivity index (χ2v) is 3.72. The summed E-state index contributed by atoms with van der Waals surface area (Å²) in [5.74, 6) is 0. The lowest BCUT2D eigenvalue weighted by atomic mass is 10.1. The van der Waals surface area contributed by atoms with Gasteiger partial charge in [0, 0.05) is 5.56 Å². The Balaban J connectivity index is 2.73. The van der Waals surface area contributed by atoms with Gasteiger partial charge in [0.2, 0.25) is 0 Å². The summed E-state index contributed by atoms with van der Waals surface area (Å²) in [6.07, 6.45) is 4.72. The van der Waals surface area contributed by atoms with E-state index in [1.165, 1.54) is 24.3 Å². The van der Waals surface area contributed by atoms with E-state index in [0.717, 1.165) is 0 Å². The number of nitrogens with one attached hydrogen (secondary N) is 1. The quantitative estimate of drug-likeness (QED) is 0.629. The summed E-state index contributed by atoms with van der Waals surface area (Å²) in [5.41, 5.74) is 0.541. The fraction of sp³-hybridized carbons (Fsp3) is 0.100. The molecule has 0 aliphatic rings. The van der Waals surface area contributed by atoms with Crippen molar-refractivity contribution < 1.29 is 4.42 Å². The number of aromatic amines is 1. The van der Waals surface area contributed by atoms with Crippen LogP contribution in [0.1, 0.15) is 5.56 Å². The summed E-state index contributed by atoms with van der Waals surface area (Å²) in [4.78, 5) is 18.3. The molecule has 0 radical (unpaired) electrons. The smallest absolute Gasteiger partial charge is 0.270 e. The summed E-state index contributed by atoms with van der Waals surface area (Å²) in [6.45, 7) is 0. The van der Waals surface area contributed by atoms with Crippen molar-refractivity contribution in [3.05, 3.63) is 34.5 Å².